The Morgan fingerprint density at radius 2 is 1.86 bits per heavy atom. The summed E-state index contributed by atoms with van der Waals surface area (Å²) >= 11 is 0. The maximum absolute atomic E-state index is 8.78. The van der Waals surface area contributed by atoms with Crippen molar-refractivity contribution in [3.8, 4) is 23.2 Å². The van der Waals surface area contributed by atoms with Crippen molar-refractivity contribution in [3.63, 3.8) is 0 Å². The standard InChI is InChI=1S/C18H19N3O/c1-2-3-4-5-6-11-22-17-13-20-18(21-14-17)16-9-7-15(12-19)8-10-16/h3-4,7-10,13-14H,2,5-6,11H2,1H3. The van der Waals surface area contributed by atoms with Gasteiger partial charge in [0.05, 0.1) is 30.6 Å². The molecular formula is C18H19N3O. The second kappa shape index (κ2) is 8.58. The van der Waals surface area contributed by atoms with Crippen molar-refractivity contribution in [3.05, 3.63) is 54.4 Å². The van der Waals surface area contributed by atoms with E-state index in [1.54, 1.807) is 24.5 Å². The van der Waals surface area contributed by atoms with Gasteiger partial charge in [0.1, 0.15) is 0 Å². The van der Waals surface area contributed by atoms with Crippen molar-refractivity contribution in [1.29, 1.82) is 5.26 Å². The third-order valence-corrected chi connectivity index (χ3v) is 3.09. The molecule has 0 saturated heterocycles. The SMILES string of the molecule is CCC=CCCCOc1cnc(-c2ccc(C#N)cc2)nc1. The summed E-state index contributed by atoms with van der Waals surface area (Å²) in [6, 6.07) is 9.29. The van der Waals surface area contributed by atoms with Gasteiger partial charge in [-0.2, -0.15) is 5.26 Å². The van der Waals surface area contributed by atoms with Crippen molar-refractivity contribution in [2.24, 2.45) is 0 Å². The maximum Gasteiger partial charge on any atom is 0.159 e. The zero-order valence-corrected chi connectivity index (χ0v) is 12.7. The lowest BCUT2D eigenvalue weighted by Crippen LogP contribution is -1.98. The van der Waals surface area contributed by atoms with Gasteiger partial charge in [-0.25, -0.2) is 9.97 Å². The molecule has 0 aliphatic rings. The summed E-state index contributed by atoms with van der Waals surface area (Å²) < 4.78 is 5.61. The Morgan fingerprint density at radius 1 is 1.14 bits per heavy atom. The summed E-state index contributed by atoms with van der Waals surface area (Å²) in [5, 5.41) is 8.78. The lowest BCUT2D eigenvalue weighted by molar-refractivity contribution is 0.309. The van der Waals surface area contributed by atoms with Gasteiger partial charge in [0, 0.05) is 5.56 Å². The summed E-state index contributed by atoms with van der Waals surface area (Å²) in [6.07, 6.45) is 10.8. The van der Waals surface area contributed by atoms with Gasteiger partial charge in [-0.15, -0.1) is 0 Å². The van der Waals surface area contributed by atoms with Crippen LogP contribution in [-0.2, 0) is 0 Å². The maximum atomic E-state index is 8.78. The molecule has 1 heterocycles. The zero-order valence-electron chi connectivity index (χ0n) is 12.7. The minimum Gasteiger partial charge on any atom is -0.490 e. The second-order valence-corrected chi connectivity index (χ2v) is 4.80. The highest BCUT2D eigenvalue weighted by atomic mass is 16.5. The highest BCUT2D eigenvalue weighted by molar-refractivity contribution is 5.56. The van der Waals surface area contributed by atoms with E-state index in [1.807, 2.05) is 12.1 Å². The van der Waals surface area contributed by atoms with Crippen molar-refractivity contribution in [1.82, 2.24) is 9.97 Å². The molecule has 2 rings (SSSR count). The molecule has 0 saturated carbocycles. The van der Waals surface area contributed by atoms with Crippen LogP contribution in [0.4, 0.5) is 0 Å². The van der Waals surface area contributed by atoms with Crippen LogP contribution >= 0.6 is 0 Å². The molecule has 0 fully saturated rings. The molecule has 0 unspecified atom stereocenters. The average Bonchev–Trinajstić information content (AvgIpc) is 2.59. The summed E-state index contributed by atoms with van der Waals surface area (Å²) in [5.41, 5.74) is 1.51. The lowest BCUT2D eigenvalue weighted by Gasteiger charge is -2.05. The fourth-order valence-electron chi connectivity index (χ4n) is 1.91. The molecular weight excluding hydrogens is 274 g/mol. The van der Waals surface area contributed by atoms with E-state index in [9.17, 15) is 0 Å². The molecule has 1 aromatic heterocycles. The molecule has 4 heteroatoms. The van der Waals surface area contributed by atoms with E-state index in [1.165, 1.54) is 0 Å². The summed E-state index contributed by atoms with van der Waals surface area (Å²) in [7, 11) is 0. The van der Waals surface area contributed by atoms with Crippen LogP contribution in [0.25, 0.3) is 11.4 Å². The largest absolute Gasteiger partial charge is 0.490 e. The van der Waals surface area contributed by atoms with Gasteiger partial charge < -0.3 is 4.74 Å². The highest BCUT2D eigenvalue weighted by Gasteiger charge is 2.02. The van der Waals surface area contributed by atoms with Crippen LogP contribution in [0.15, 0.2) is 48.8 Å². The fraction of sp³-hybridized carbons (Fsp3) is 0.278. The van der Waals surface area contributed by atoms with E-state index in [0.717, 1.165) is 24.8 Å². The van der Waals surface area contributed by atoms with Crippen molar-refractivity contribution in [2.75, 3.05) is 6.61 Å². The Labute approximate surface area is 131 Å². The molecule has 1 aromatic carbocycles. The fourth-order valence-corrected chi connectivity index (χ4v) is 1.91. The number of rotatable bonds is 7. The molecule has 0 spiro atoms. The lowest BCUT2D eigenvalue weighted by atomic mass is 10.1. The third-order valence-electron chi connectivity index (χ3n) is 3.09. The van der Waals surface area contributed by atoms with Crippen molar-refractivity contribution in [2.45, 2.75) is 26.2 Å². The van der Waals surface area contributed by atoms with Gasteiger partial charge in [-0.1, -0.05) is 19.1 Å². The monoisotopic (exact) mass is 293 g/mol. The molecule has 22 heavy (non-hydrogen) atoms. The minimum atomic E-state index is 0.626. The number of nitrogens with zero attached hydrogens (tertiary/aromatic N) is 3. The van der Waals surface area contributed by atoms with E-state index in [-0.39, 0.29) is 0 Å². The molecule has 0 aliphatic carbocycles. The number of hydrogen-bond acceptors (Lipinski definition) is 4. The van der Waals surface area contributed by atoms with Gasteiger partial charge in [0.2, 0.25) is 0 Å². The normalized spacial score (nSPS) is 10.5. The van der Waals surface area contributed by atoms with Crippen LogP contribution in [0.5, 0.6) is 5.75 Å². The molecule has 0 bridgehead atoms. The number of unbranched alkanes of at least 4 members (excludes halogenated alkanes) is 1. The number of nitriles is 1. The molecule has 0 N–H and O–H groups in total. The van der Waals surface area contributed by atoms with Crippen molar-refractivity contribution >= 4 is 0 Å². The number of allylic oxidation sites excluding steroid dienone is 2. The predicted octanol–water partition coefficient (Wildman–Crippen LogP) is 4.14. The number of benzene rings is 1. The van der Waals surface area contributed by atoms with Crippen LogP contribution in [0, 0.1) is 11.3 Å². The molecule has 112 valence electrons. The zero-order chi connectivity index (χ0) is 15.6. The van der Waals surface area contributed by atoms with Gasteiger partial charge in [0.15, 0.2) is 11.6 Å². The first-order valence-corrected chi connectivity index (χ1v) is 7.44. The van der Waals surface area contributed by atoms with Gasteiger partial charge in [-0.3, -0.25) is 0 Å². The number of ether oxygens (including phenoxy) is 1. The average molecular weight is 293 g/mol. The van der Waals surface area contributed by atoms with Gasteiger partial charge in [0.25, 0.3) is 0 Å². The van der Waals surface area contributed by atoms with E-state index < -0.39 is 0 Å². The summed E-state index contributed by atoms with van der Waals surface area (Å²) in [4.78, 5) is 8.60. The van der Waals surface area contributed by atoms with E-state index in [2.05, 4.69) is 35.1 Å². The Hall–Kier alpha value is -2.67. The first-order valence-electron chi connectivity index (χ1n) is 7.44. The molecule has 0 amide bonds. The molecule has 0 aliphatic heterocycles. The Kier molecular flexibility index (Phi) is 6.13. The quantitative estimate of drug-likeness (QED) is 0.568. The number of aromatic nitrogens is 2. The van der Waals surface area contributed by atoms with Crippen LogP contribution < -0.4 is 4.74 Å². The van der Waals surface area contributed by atoms with Gasteiger partial charge >= 0.3 is 0 Å². The topological polar surface area (TPSA) is 58.8 Å². The van der Waals surface area contributed by atoms with Crippen LogP contribution in [0.3, 0.4) is 0 Å². The minimum absolute atomic E-state index is 0.626. The van der Waals surface area contributed by atoms with E-state index in [0.29, 0.717) is 23.7 Å². The molecule has 0 atom stereocenters. The first kappa shape index (κ1) is 15.7. The Bertz CT molecular complexity index is 640. The molecule has 4 nitrogen and oxygen atoms in total. The smallest absolute Gasteiger partial charge is 0.159 e. The highest BCUT2D eigenvalue weighted by Crippen LogP contribution is 2.17. The summed E-state index contributed by atoms with van der Waals surface area (Å²) in [6.45, 7) is 2.79. The Morgan fingerprint density at radius 3 is 2.50 bits per heavy atom. The second-order valence-electron chi connectivity index (χ2n) is 4.80. The van der Waals surface area contributed by atoms with Gasteiger partial charge in [-0.05, 0) is 43.5 Å². The Balaban J connectivity index is 1.87. The number of hydrogen-bond donors (Lipinski definition) is 0. The van der Waals surface area contributed by atoms with E-state index in [4.69, 9.17) is 10.00 Å². The van der Waals surface area contributed by atoms with Crippen LogP contribution in [-0.4, -0.2) is 16.6 Å². The summed E-state index contributed by atoms with van der Waals surface area (Å²) in [5.74, 6) is 1.31. The molecule has 2 aromatic rings. The van der Waals surface area contributed by atoms with Crippen LogP contribution in [0.2, 0.25) is 0 Å². The predicted molar refractivity (Wildman–Crippen MR) is 86.3 cm³/mol. The third kappa shape index (κ3) is 4.71. The van der Waals surface area contributed by atoms with E-state index >= 15 is 0 Å². The van der Waals surface area contributed by atoms with Crippen molar-refractivity contribution < 1.29 is 4.74 Å². The molecule has 0 radical (unpaired) electrons. The van der Waals surface area contributed by atoms with Crippen LogP contribution in [0.1, 0.15) is 31.7 Å². The first-order chi connectivity index (χ1) is 10.8.